The molecule has 10 heavy (non-hydrogen) atoms. The quantitative estimate of drug-likeness (QED) is 0.613. The van der Waals surface area contributed by atoms with E-state index in [0.717, 1.165) is 5.92 Å². The molecule has 1 saturated carbocycles. The third-order valence-electron chi connectivity index (χ3n) is 1.39. The lowest BCUT2D eigenvalue weighted by molar-refractivity contribution is 0.405. The second kappa shape index (κ2) is 5.78. The van der Waals surface area contributed by atoms with Crippen molar-refractivity contribution in [3.05, 3.63) is 0 Å². The fourth-order valence-corrected chi connectivity index (χ4v) is 0.815. The molecule has 2 N–H and O–H groups in total. The van der Waals surface area contributed by atoms with Crippen LogP contribution in [0.1, 0.15) is 32.6 Å². The van der Waals surface area contributed by atoms with E-state index in [2.05, 4.69) is 6.92 Å². The molecule has 0 heterocycles. The Kier molecular flexibility index (Phi) is 5.79. The summed E-state index contributed by atoms with van der Waals surface area (Å²) in [6.45, 7) is 2.26. The highest BCUT2D eigenvalue weighted by molar-refractivity contribution is 7.30. The summed E-state index contributed by atoms with van der Waals surface area (Å²) >= 11 is 0. The summed E-state index contributed by atoms with van der Waals surface area (Å²) in [6.07, 6.45) is 5.92. The molecule has 0 bridgehead atoms. The van der Waals surface area contributed by atoms with Gasteiger partial charge in [-0.2, -0.15) is 0 Å². The van der Waals surface area contributed by atoms with Crippen LogP contribution in [0.3, 0.4) is 0 Å². The van der Waals surface area contributed by atoms with E-state index in [4.69, 9.17) is 14.4 Å². The molecule has 1 aliphatic rings. The van der Waals surface area contributed by atoms with Gasteiger partial charge in [-0.3, -0.25) is 0 Å². The molecule has 1 fully saturated rings. The molecule has 0 aromatic carbocycles. The van der Waals surface area contributed by atoms with E-state index in [1.807, 2.05) is 0 Å². The van der Waals surface area contributed by atoms with Gasteiger partial charge in [0.25, 0.3) is 0 Å². The first-order valence-electron chi connectivity index (χ1n) is 3.51. The van der Waals surface area contributed by atoms with E-state index < -0.39 is 8.25 Å². The predicted molar refractivity (Wildman–Crippen MR) is 39.7 cm³/mol. The first-order chi connectivity index (χ1) is 4.66. The van der Waals surface area contributed by atoms with Gasteiger partial charge < -0.3 is 0 Å². The lowest BCUT2D eigenvalue weighted by atomic mass is 10.2. The number of rotatable bonds is 2. The Morgan fingerprint density at radius 3 is 2.00 bits per heavy atom. The molecule has 4 heteroatoms. The van der Waals surface area contributed by atoms with Gasteiger partial charge in [-0.05, 0) is 5.92 Å². The van der Waals surface area contributed by atoms with Crippen LogP contribution in [0.5, 0.6) is 0 Å². The molecule has 0 saturated heterocycles. The van der Waals surface area contributed by atoms with Crippen molar-refractivity contribution in [3.63, 3.8) is 0 Å². The van der Waals surface area contributed by atoms with Gasteiger partial charge in [0, 0.05) is 4.57 Å². The third-order valence-corrected chi connectivity index (χ3v) is 1.39. The van der Waals surface area contributed by atoms with E-state index in [1.165, 1.54) is 25.7 Å². The first kappa shape index (κ1) is 10.0. The third kappa shape index (κ3) is 10.9. The molecule has 0 aliphatic heterocycles. The maximum absolute atomic E-state index is 8.70. The first-order valence-corrected chi connectivity index (χ1v) is 4.68. The van der Waals surface area contributed by atoms with E-state index in [1.54, 1.807) is 0 Å². The van der Waals surface area contributed by atoms with Crippen molar-refractivity contribution < 1.29 is 14.4 Å². The van der Waals surface area contributed by atoms with Crippen molar-refractivity contribution in [2.75, 3.05) is 0 Å². The SMILES string of the molecule is CCCC1CC1.O=[P+](O)O. The Labute approximate surface area is 62.0 Å². The molecule has 0 aromatic heterocycles. The van der Waals surface area contributed by atoms with Crippen LogP contribution in [0.15, 0.2) is 0 Å². The molecule has 3 nitrogen and oxygen atoms in total. The van der Waals surface area contributed by atoms with Gasteiger partial charge in [0.15, 0.2) is 0 Å². The van der Waals surface area contributed by atoms with E-state index in [9.17, 15) is 0 Å². The Balaban J connectivity index is 0.000000180. The average molecular weight is 165 g/mol. The van der Waals surface area contributed by atoms with Crippen molar-refractivity contribution in [2.45, 2.75) is 32.6 Å². The van der Waals surface area contributed by atoms with Crippen LogP contribution in [0.25, 0.3) is 0 Å². The lowest BCUT2D eigenvalue weighted by Gasteiger charge is -1.82. The Bertz CT molecular complexity index is 97.2. The largest absolute Gasteiger partial charge is 0.692 e. The van der Waals surface area contributed by atoms with Gasteiger partial charge in [0.1, 0.15) is 0 Å². The van der Waals surface area contributed by atoms with Gasteiger partial charge in [0.05, 0.1) is 0 Å². The number of hydrogen-bond donors (Lipinski definition) is 2. The standard InChI is InChI=1S/C6H12.HO3P/c1-2-3-6-4-5-6;1-4(2)3/h6H,2-5H2,1H3;(H-,1,2,3)/p+1. The summed E-state index contributed by atoms with van der Waals surface area (Å²) in [6, 6.07) is 0. The Hall–Kier alpha value is 0.0200. The highest BCUT2D eigenvalue weighted by Gasteiger charge is 2.18. The van der Waals surface area contributed by atoms with Crippen molar-refractivity contribution in [1.29, 1.82) is 0 Å². The molecule has 0 radical (unpaired) electrons. The minimum absolute atomic E-state index is 1.15. The van der Waals surface area contributed by atoms with Gasteiger partial charge in [-0.25, -0.2) is 0 Å². The highest BCUT2D eigenvalue weighted by atomic mass is 31.1. The molecule has 0 atom stereocenters. The fraction of sp³-hybridized carbons (Fsp3) is 1.00. The van der Waals surface area contributed by atoms with E-state index in [0.29, 0.717) is 0 Å². The van der Waals surface area contributed by atoms with Crippen LogP contribution in [0.2, 0.25) is 0 Å². The monoisotopic (exact) mass is 165 g/mol. The van der Waals surface area contributed by atoms with Crippen LogP contribution < -0.4 is 0 Å². The van der Waals surface area contributed by atoms with Crippen LogP contribution in [-0.4, -0.2) is 9.79 Å². The van der Waals surface area contributed by atoms with Gasteiger partial charge in [-0.15, -0.1) is 9.79 Å². The summed E-state index contributed by atoms with van der Waals surface area (Å²) in [4.78, 5) is 14.2. The summed E-state index contributed by atoms with van der Waals surface area (Å²) in [7, 11) is -2.87. The molecular weight excluding hydrogens is 151 g/mol. The molecule has 0 amide bonds. The van der Waals surface area contributed by atoms with E-state index >= 15 is 0 Å². The normalized spacial score (nSPS) is 15.5. The molecule has 0 unspecified atom stereocenters. The fourth-order valence-electron chi connectivity index (χ4n) is 0.815. The van der Waals surface area contributed by atoms with Crippen molar-refractivity contribution in [2.24, 2.45) is 5.92 Å². The van der Waals surface area contributed by atoms with Gasteiger partial charge in [0.2, 0.25) is 0 Å². The maximum Gasteiger partial charge on any atom is 0.692 e. The summed E-state index contributed by atoms with van der Waals surface area (Å²) in [5, 5.41) is 0. The Morgan fingerprint density at radius 2 is 1.90 bits per heavy atom. The molecule has 1 rings (SSSR count). The lowest BCUT2D eigenvalue weighted by Crippen LogP contribution is -1.68. The summed E-state index contributed by atoms with van der Waals surface area (Å²) in [5.41, 5.74) is 0. The summed E-state index contributed by atoms with van der Waals surface area (Å²) < 4.78 is 8.70. The zero-order valence-corrected chi connectivity index (χ0v) is 7.05. The van der Waals surface area contributed by atoms with Gasteiger partial charge in [-0.1, -0.05) is 32.6 Å². The Morgan fingerprint density at radius 1 is 1.50 bits per heavy atom. The van der Waals surface area contributed by atoms with Crippen molar-refractivity contribution >= 4 is 8.25 Å². The van der Waals surface area contributed by atoms with Crippen LogP contribution in [-0.2, 0) is 4.57 Å². The molecule has 1 aliphatic carbocycles. The zero-order chi connectivity index (χ0) is 7.98. The minimum Gasteiger partial charge on any atom is -0.134 e. The molecule has 0 spiro atoms. The highest BCUT2D eigenvalue weighted by Crippen LogP contribution is 2.32. The van der Waals surface area contributed by atoms with Crippen molar-refractivity contribution in [3.8, 4) is 0 Å². The van der Waals surface area contributed by atoms with Crippen molar-refractivity contribution in [1.82, 2.24) is 0 Å². The second-order valence-electron chi connectivity index (χ2n) is 2.48. The molecule has 0 aromatic rings. The topological polar surface area (TPSA) is 57.5 Å². The minimum atomic E-state index is -2.87. The average Bonchev–Trinajstić information content (AvgIpc) is 2.48. The number of hydrogen-bond acceptors (Lipinski definition) is 1. The van der Waals surface area contributed by atoms with Crippen LogP contribution >= 0.6 is 8.25 Å². The molecular formula is C6H14O3P+. The maximum atomic E-state index is 8.70. The van der Waals surface area contributed by atoms with Crippen LogP contribution in [0, 0.1) is 5.92 Å². The smallest absolute Gasteiger partial charge is 0.134 e. The predicted octanol–water partition coefficient (Wildman–Crippen LogP) is 1.82. The van der Waals surface area contributed by atoms with E-state index in [-0.39, 0.29) is 0 Å². The molecule has 60 valence electrons. The van der Waals surface area contributed by atoms with Gasteiger partial charge >= 0.3 is 8.25 Å². The zero-order valence-electron chi connectivity index (χ0n) is 6.16. The summed E-state index contributed by atoms with van der Waals surface area (Å²) in [5.74, 6) is 1.15. The van der Waals surface area contributed by atoms with Crippen LogP contribution in [0.4, 0.5) is 0 Å². The second-order valence-corrected chi connectivity index (χ2v) is 2.99.